The maximum atomic E-state index is 11.8. The minimum absolute atomic E-state index is 0.0438. The van der Waals surface area contributed by atoms with Gasteiger partial charge in [0.05, 0.1) is 6.42 Å². The molecule has 136 valence electrons. The van der Waals surface area contributed by atoms with Crippen molar-refractivity contribution in [3.63, 3.8) is 0 Å². The zero-order valence-electron chi connectivity index (χ0n) is 14.8. The van der Waals surface area contributed by atoms with Crippen LogP contribution in [0.4, 0.5) is 5.69 Å². The van der Waals surface area contributed by atoms with E-state index in [0.29, 0.717) is 28.9 Å². The number of nitrogens with zero attached hydrogens (tertiary/aromatic N) is 1. The van der Waals surface area contributed by atoms with Crippen LogP contribution in [-0.2, 0) is 14.4 Å². The molecule has 8 heteroatoms. The van der Waals surface area contributed by atoms with Crippen LogP contribution in [0.25, 0.3) is 0 Å². The third-order valence-electron chi connectivity index (χ3n) is 3.11. The number of rotatable bonds is 6. The molecule has 3 amide bonds. The summed E-state index contributed by atoms with van der Waals surface area (Å²) in [5.41, 5.74) is 3.78. The van der Waals surface area contributed by atoms with Crippen molar-refractivity contribution in [2.45, 2.75) is 34.1 Å². The third kappa shape index (κ3) is 7.80. The van der Waals surface area contributed by atoms with Crippen LogP contribution in [0.5, 0.6) is 0 Å². The van der Waals surface area contributed by atoms with Gasteiger partial charge < -0.3 is 10.6 Å². The average molecular weight is 367 g/mol. The highest BCUT2D eigenvalue weighted by atomic mass is 35.5. The summed E-state index contributed by atoms with van der Waals surface area (Å²) in [5.74, 6) is -1.65. The number of carbonyl (C=O) groups excluding carboxylic acids is 3. The molecular weight excluding hydrogens is 344 g/mol. The molecule has 0 radical (unpaired) electrons. The molecule has 25 heavy (non-hydrogen) atoms. The molecule has 0 bridgehead atoms. The maximum absolute atomic E-state index is 11.8. The Morgan fingerprint density at radius 2 is 1.88 bits per heavy atom. The molecule has 0 aliphatic rings. The minimum Gasteiger partial charge on any atom is -0.356 e. The molecule has 1 rings (SSSR count). The summed E-state index contributed by atoms with van der Waals surface area (Å²) in [6, 6.07) is 4.92. The Hall–Kier alpha value is -2.41. The molecule has 0 aliphatic heterocycles. The number of amides is 3. The summed E-state index contributed by atoms with van der Waals surface area (Å²) in [6.07, 6.45) is 0.0438. The van der Waals surface area contributed by atoms with Crippen molar-refractivity contribution in [1.82, 2.24) is 10.7 Å². The fraction of sp³-hybridized carbons (Fsp3) is 0.412. The van der Waals surface area contributed by atoms with Gasteiger partial charge in [0.2, 0.25) is 5.91 Å². The van der Waals surface area contributed by atoms with Crippen molar-refractivity contribution in [1.29, 1.82) is 0 Å². The van der Waals surface area contributed by atoms with Gasteiger partial charge in [-0.25, -0.2) is 5.43 Å². The van der Waals surface area contributed by atoms with Crippen molar-refractivity contribution in [2.24, 2.45) is 11.0 Å². The molecule has 1 aromatic carbocycles. The van der Waals surface area contributed by atoms with E-state index in [1.165, 1.54) is 0 Å². The Bertz CT molecular complexity index is 686. The molecule has 0 aliphatic carbocycles. The van der Waals surface area contributed by atoms with Gasteiger partial charge in [-0.1, -0.05) is 31.5 Å². The summed E-state index contributed by atoms with van der Waals surface area (Å²) in [6.45, 7) is 7.96. The van der Waals surface area contributed by atoms with Crippen molar-refractivity contribution < 1.29 is 14.4 Å². The van der Waals surface area contributed by atoms with Crippen molar-refractivity contribution in [3.8, 4) is 0 Å². The predicted octanol–water partition coefficient (Wildman–Crippen LogP) is 2.24. The fourth-order valence-corrected chi connectivity index (χ4v) is 1.89. The number of anilines is 1. The number of benzene rings is 1. The fourth-order valence-electron chi connectivity index (χ4n) is 1.71. The topological polar surface area (TPSA) is 99.7 Å². The zero-order chi connectivity index (χ0) is 19.0. The first-order chi connectivity index (χ1) is 11.7. The van der Waals surface area contributed by atoms with E-state index >= 15 is 0 Å². The number of halogens is 1. The molecule has 0 aromatic heterocycles. The van der Waals surface area contributed by atoms with E-state index in [0.717, 1.165) is 5.56 Å². The monoisotopic (exact) mass is 366 g/mol. The first-order valence-electron chi connectivity index (χ1n) is 7.86. The van der Waals surface area contributed by atoms with Gasteiger partial charge in [0.25, 0.3) is 0 Å². The zero-order valence-corrected chi connectivity index (χ0v) is 15.5. The minimum atomic E-state index is -0.932. The smallest absolute Gasteiger partial charge is 0.329 e. The van der Waals surface area contributed by atoms with E-state index in [2.05, 4.69) is 21.2 Å². The summed E-state index contributed by atoms with van der Waals surface area (Å²) < 4.78 is 0. The summed E-state index contributed by atoms with van der Waals surface area (Å²) in [7, 11) is 0. The molecule has 7 nitrogen and oxygen atoms in total. The van der Waals surface area contributed by atoms with Crippen LogP contribution < -0.4 is 16.1 Å². The van der Waals surface area contributed by atoms with Crippen LogP contribution in [0, 0.1) is 12.8 Å². The first kappa shape index (κ1) is 20.6. The van der Waals surface area contributed by atoms with Gasteiger partial charge in [-0.2, -0.15) is 5.10 Å². The lowest BCUT2D eigenvalue weighted by Crippen LogP contribution is -2.33. The van der Waals surface area contributed by atoms with E-state index in [1.807, 2.05) is 20.8 Å². The van der Waals surface area contributed by atoms with Gasteiger partial charge in [0.15, 0.2) is 0 Å². The van der Waals surface area contributed by atoms with E-state index in [-0.39, 0.29) is 12.3 Å². The number of hydrazone groups is 1. The van der Waals surface area contributed by atoms with Crippen molar-refractivity contribution in [3.05, 3.63) is 28.8 Å². The van der Waals surface area contributed by atoms with E-state index < -0.39 is 11.8 Å². The van der Waals surface area contributed by atoms with Crippen LogP contribution in [0.2, 0.25) is 5.02 Å². The second kappa shape index (κ2) is 9.78. The SMILES string of the molecule is CC(CC(=O)NCC(C)C)=NNC(=O)C(=O)Nc1ccc(C)c(Cl)c1. The summed E-state index contributed by atoms with van der Waals surface area (Å²) in [5, 5.41) is 9.41. The number of hydrogen-bond donors (Lipinski definition) is 3. The van der Waals surface area contributed by atoms with Crippen LogP contribution in [-0.4, -0.2) is 30.0 Å². The van der Waals surface area contributed by atoms with E-state index in [9.17, 15) is 14.4 Å². The van der Waals surface area contributed by atoms with E-state index in [1.54, 1.807) is 25.1 Å². The first-order valence-corrected chi connectivity index (χ1v) is 8.24. The van der Waals surface area contributed by atoms with Crippen LogP contribution in [0.3, 0.4) is 0 Å². The average Bonchev–Trinajstić information content (AvgIpc) is 2.54. The molecule has 0 unspecified atom stereocenters. The Labute approximate surface area is 152 Å². The Balaban J connectivity index is 2.49. The highest BCUT2D eigenvalue weighted by Crippen LogP contribution is 2.19. The maximum Gasteiger partial charge on any atom is 0.329 e. The molecule has 0 saturated heterocycles. The van der Waals surface area contributed by atoms with Gasteiger partial charge in [-0.3, -0.25) is 14.4 Å². The highest BCUT2D eigenvalue weighted by molar-refractivity contribution is 6.40. The second-order valence-corrected chi connectivity index (χ2v) is 6.49. The standard InChI is InChI=1S/C17H23ClN4O3/c1-10(2)9-19-15(23)7-12(4)21-22-17(25)16(24)20-13-6-5-11(3)14(18)8-13/h5-6,8,10H,7,9H2,1-4H3,(H,19,23)(H,20,24)(H,22,25). The van der Waals surface area contributed by atoms with Crippen LogP contribution in [0.15, 0.2) is 23.3 Å². The third-order valence-corrected chi connectivity index (χ3v) is 3.52. The quantitative estimate of drug-likeness (QED) is 0.409. The molecule has 0 spiro atoms. The van der Waals surface area contributed by atoms with E-state index in [4.69, 9.17) is 11.6 Å². The van der Waals surface area contributed by atoms with Gasteiger partial charge in [-0.05, 0) is 37.5 Å². The molecule has 0 atom stereocenters. The second-order valence-electron chi connectivity index (χ2n) is 6.08. The molecule has 0 fully saturated rings. The molecule has 1 aromatic rings. The Kier molecular flexibility index (Phi) is 8.07. The van der Waals surface area contributed by atoms with Gasteiger partial charge in [-0.15, -0.1) is 0 Å². The summed E-state index contributed by atoms with van der Waals surface area (Å²) in [4.78, 5) is 35.2. The lowest BCUT2D eigenvalue weighted by atomic mass is 10.2. The van der Waals surface area contributed by atoms with Crippen LogP contribution in [0.1, 0.15) is 32.8 Å². The largest absolute Gasteiger partial charge is 0.356 e. The van der Waals surface area contributed by atoms with Gasteiger partial charge >= 0.3 is 11.8 Å². The van der Waals surface area contributed by atoms with Crippen LogP contribution >= 0.6 is 11.6 Å². The van der Waals surface area contributed by atoms with Gasteiger partial charge in [0, 0.05) is 23.0 Å². The Morgan fingerprint density at radius 3 is 2.48 bits per heavy atom. The number of nitrogens with one attached hydrogen (secondary N) is 3. The lowest BCUT2D eigenvalue weighted by Gasteiger charge is -2.08. The van der Waals surface area contributed by atoms with Crippen molar-refractivity contribution >= 4 is 40.7 Å². The summed E-state index contributed by atoms with van der Waals surface area (Å²) >= 11 is 5.96. The molecular formula is C17H23ClN4O3. The molecule has 0 saturated carbocycles. The highest BCUT2D eigenvalue weighted by Gasteiger charge is 2.14. The molecule has 3 N–H and O–H groups in total. The number of aryl methyl sites for hydroxylation is 1. The number of hydrogen-bond acceptors (Lipinski definition) is 4. The van der Waals surface area contributed by atoms with Crippen molar-refractivity contribution in [2.75, 3.05) is 11.9 Å². The number of carbonyl (C=O) groups is 3. The molecule has 0 heterocycles. The lowest BCUT2D eigenvalue weighted by molar-refractivity contribution is -0.136. The normalized spacial score (nSPS) is 11.2. The van der Waals surface area contributed by atoms with Gasteiger partial charge in [0.1, 0.15) is 0 Å². The Morgan fingerprint density at radius 1 is 1.20 bits per heavy atom. The predicted molar refractivity (Wildman–Crippen MR) is 98.5 cm³/mol.